The Balaban J connectivity index is 1.83. The zero-order chi connectivity index (χ0) is 22.1. The molecule has 0 bridgehead atoms. The van der Waals surface area contributed by atoms with Crippen molar-refractivity contribution in [3.8, 4) is 22.8 Å². The second-order valence-electron chi connectivity index (χ2n) is 7.27. The van der Waals surface area contributed by atoms with Crippen LogP contribution < -0.4 is 4.74 Å². The van der Waals surface area contributed by atoms with E-state index in [9.17, 15) is 15.0 Å². The van der Waals surface area contributed by atoms with Crippen LogP contribution in [0, 0.1) is 6.92 Å². The lowest BCUT2D eigenvalue weighted by Crippen LogP contribution is -2.32. The fraction of sp³-hybridized carbons (Fsp3) is 0.217. The molecule has 0 saturated carbocycles. The highest BCUT2D eigenvalue weighted by molar-refractivity contribution is 6.31. The number of aromatic nitrogens is 2. The van der Waals surface area contributed by atoms with Crippen molar-refractivity contribution in [3.05, 3.63) is 76.5 Å². The molecule has 1 amide bonds. The highest BCUT2D eigenvalue weighted by Gasteiger charge is 2.42. The molecule has 7 nitrogen and oxygen atoms in total. The summed E-state index contributed by atoms with van der Waals surface area (Å²) >= 11 is 6.29. The van der Waals surface area contributed by atoms with Gasteiger partial charge in [0.25, 0.3) is 5.91 Å². The van der Waals surface area contributed by atoms with Gasteiger partial charge in [0.1, 0.15) is 29.5 Å². The molecule has 0 aliphatic carbocycles. The smallest absolute Gasteiger partial charge is 0.273 e. The lowest BCUT2D eigenvalue weighted by molar-refractivity contribution is 0.0706. The largest absolute Gasteiger partial charge is 0.507 e. The summed E-state index contributed by atoms with van der Waals surface area (Å²) in [5.74, 6) is 0.436. The number of halogens is 1. The van der Waals surface area contributed by atoms with Crippen molar-refractivity contribution < 1.29 is 19.7 Å². The van der Waals surface area contributed by atoms with E-state index in [1.165, 1.54) is 0 Å². The van der Waals surface area contributed by atoms with Gasteiger partial charge in [0.15, 0.2) is 0 Å². The number of H-pyrrole nitrogens is 1. The molecule has 1 atom stereocenters. The Bertz CT molecular complexity index is 1140. The van der Waals surface area contributed by atoms with E-state index >= 15 is 0 Å². The second kappa shape index (κ2) is 8.45. The number of amides is 1. The summed E-state index contributed by atoms with van der Waals surface area (Å²) in [6.07, 6.45) is 1.66. The number of ether oxygens (including phenoxy) is 1. The van der Waals surface area contributed by atoms with Gasteiger partial charge in [-0.25, -0.2) is 0 Å². The molecule has 1 aliphatic rings. The molecule has 160 valence electrons. The average molecular weight is 440 g/mol. The number of aliphatic hydroxyl groups is 1. The SMILES string of the molecule is C=CCOc1ccc(C2c3c(-c4cc(Cl)c(C)cc4O)n[nH]c3C(=O)N2CCO)cc1. The maximum absolute atomic E-state index is 13.0. The maximum Gasteiger partial charge on any atom is 0.273 e. The minimum Gasteiger partial charge on any atom is -0.507 e. The van der Waals surface area contributed by atoms with E-state index in [2.05, 4.69) is 16.8 Å². The Morgan fingerprint density at radius 1 is 1.32 bits per heavy atom. The third-order valence-corrected chi connectivity index (χ3v) is 5.71. The van der Waals surface area contributed by atoms with E-state index in [1.54, 1.807) is 30.0 Å². The number of hydrogen-bond donors (Lipinski definition) is 3. The average Bonchev–Trinajstić information content (AvgIpc) is 3.29. The van der Waals surface area contributed by atoms with Crippen LogP contribution in [-0.4, -0.2) is 51.0 Å². The molecule has 31 heavy (non-hydrogen) atoms. The molecule has 0 spiro atoms. The van der Waals surface area contributed by atoms with Crippen LogP contribution in [0.1, 0.15) is 33.2 Å². The Morgan fingerprint density at radius 3 is 2.74 bits per heavy atom. The molecule has 3 aromatic rings. The molecule has 0 fully saturated rings. The third-order valence-electron chi connectivity index (χ3n) is 5.30. The Morgan fingerprint density at radius 2 is 2.06 bits per heavy atom. The molecular weight excluding hydrogens is 418 g/mol. The van der Waals surface area contributed by atoms with Gasteiger partial charge in [-0.05, 0) is 42.3 Å². The van der Waals surface area contributed by atoms with Crippen molar-refractivity contribution in [1.82, 2.24) is 15.1 Å². The zero-order valence-corrected chi connectivity index (χ0v) is 17.7. The van der Waals surface area contributed by atoms with E-state index in [0.717, 1.165) is 11.1 Å². The third kappa shape index (κ3) is 3.66. The number of benzene rings is 2. The van der Waals surface area contributed by atoms with Crippen LogP contribution in [0.2, 0.25) is 5.02 Å². The van der Waals surface area contributed by atoms with Crippen LogP contribution in [0.5, 0.6) is 11.5 Å². The molecule has 0 radical (unpaired) electrons. The number of phenolic OH excluding ortho intramolecular Hbond substituents is 1. The van der Waals surface area contributed by atoms with Crippen molar-refractivity contribution in [2.24, 2.45) is 0 Å². The molecule has 1 aliphatic heterocycles. The first-order valence-corrected chi connectivity index (χ1v) is 10.2. The Kier molecular flexibility index (Phi) is 5.71. The molecule has 1 aromatic heterocycles. The number of carbonyl (C=O) groups excluding carboxylic acids is 1. The summed E-state index contributed by atoms with van der Waals surface area (Å²) in [5, 5.41) is 27.7. The van der Waals surface area contributed by atoms with Crippen molar-refractivity contribution in [2.45, 2.75) is 13.0 Å². The van der Waals surface area contributed by atoms with Crippen molar-refractivity contribution >= 4 is 17.5 Å². The number of aliphatic hydroxyl groups excluding tert-OH is 1. The summed E-state index contributed by atoms with van der Waals surface area (Å²) in [5.41, 5.74) is 3.40. The van der Waals surface area contributed by atoms with Gasteiger partial charge in [0.05, 0.1) is 12.6 Å². The van der Waals surface area contributed by atoms with Crippen LogP contribution in [0.3, 0.4) is 0 Å². The summed E-state index contributed by atoms with van der Waals surface area (Å²) in [6, 6.07) is 10.1. The van der Waals surface area contributed by atoms with Gasteiger partial charge in [0.2, 0.25) is 0 Å². The van der Waals surface area contributed by atoms with E-state index in [0.29, 0.717) is 39.9 Å². The van der Waals surface area contributed by atoms with Gasteiger partial charge in [-0.3, -0.25) is 9.89 Å². The molecule has 3 N–H and O–H groups in total. The number of fused-ring (bicyclic) bond motifs is 1. The predicted octanol–water partition coefficient (Wildman–Crippen LogP) is 3.85. The molecule has 1 unspecified atom stereocenters. The molecule has 2 aromatic carbocycles. The molecule has 2 heterocycles. The van der Waals surface area contributed by atoms with E-state index in [4.69, 9.17) is 16.3 Å². The maximum atomic E-state index is 13.0. The fourth-order valence-electron chi connectivity index (χ4n) is 3.84. The lowest BCUT2D eigenvalue weighted by atomic mass is 9.95. The van der Waals surface area contributed by atoms with Crippen LogP contribution in [0.25, 0.3) is 11.3 Å². The second-order valence-corrected chi connectivity index (χ2v) is 7.68. The number of hydrogen-bond acceptors (Lipinski definition) is 5. The van der Waals surface area contributed by atoms with Crippen LogP contribution in [0.15, 0.2) is 49.1 Å². The minimum atomic E-state index is -0.490. The van der Waals surface area contributed by atoms with Crippen molar-refractivity contribution in [2.75, 3.05) is 19.8 Å². The first kappa shape index (κ1) is 21.0. The number of aromatic hydroxyl groups is 1. The van der Waals surface area contributed by atoms with Crippen LogP contribution >= 0.6 is 11.6 Å². The summed E-state index contributed by atoms with van der Waals surface area (Å²) in [6.45, 7) is 5.80. The number of aryl methyl sites for hydroxylation is 1. The molecule has 8 heteroatoms. The van der Waals surface area contributed by atoms with Crippen molar-refractivity contribution in [1.29, 1.82) is 0 Å². The Labute approximate surface area is 184 Å². The highest BCUT2D eigenvalue weighted by Crippen LogP contribution is 2.45. The van der Waals surface area contributed by atoms with E-state index in [-0.39, 0.29) is 24.8 Å². The quantitative estimate of drug-likeness (QED) is 0.486. The first-order chi connectivity index (χ1) is 15.0. The van der Waals surface area contributed by atoms with Crippen LogP contribution in [0.4, 0.5) is 0 Å². The number of nitrogens with one attached hydrogen (secondary N) is 1. The lowest BCUT2D eigenvalue weighted by Gasteiger charge is -2.26. The molecular formula is C23H22ClN3O4. The van der Waals surface area contributed by atoms with Crippen LogP contribution in [-0.2, 0) is 0 Å². The van der Waals surface area contributed by atoms with Crippen molar-refractivity contribution in [3.63, 3.8) is 0 Å². The highest BCUT2D eigenvalue weighted by atomic mass is 35.5. The standard InChI is InChI=1S/C23H22ClN3O4/c1-3-10-31-15-6-4-14(5-7-15)22-19-20(16-12-17(24)13(2)11-18(16)29)25-26-21(19)23(30)27(22)8-9-28/h3-7,11-12,22,28-29H,1,8-10H2,2H3,(H,25,26). The summed E-state index contributed by atoms with van der Waals surface area (Å²) in [7, 11) is 0. The normalized spacial score (nSPS) is 15.3. The molecule has 0 saturated heterocycles. The number of rotatable bonds is 7. The van der Waals surface area contributed by atoms with Gasteiger partial charge < -0.3 is 19.8 Å². The summed E-state index contributed by atoms with van der Waals surface area (Å²) in [4.78, 5) is 14.6. The van der Waals surface area contributed by atoms with Gasteiger partial charge in [-0.2, -0.15) is 5.10 Å². The number of β-amino-alcohol motifs (C(OH)–C–C–N with tert-alkyl or cyclic N) is 1. The Hall–Kier alpha value is -3.29. The zero-order valence-electron chi connectivity index (χ0n) is 16.9. The fourth-order valence-corrected chi connectivity index (χ4v) is 4.01. The van der Waals surface area contributed by atoms with Gasteiger partial charge >= 0.3 is 0 Å². The number of phenols is 1. The summed E-state index contributed by atoms with van der Waals surface area (Å²) < 4.78 is 5.55. The van der Waals surface area contributed by atoms with Gasteiger partial charge in [-0.15, -0.1) is 0 Å². The van der Waals surface area contributed by atoms with Gasteiger partial charge in [-0.1, -0.05) is 36.4 Å². The van der Waals surface area contributed by atoms with Gasteiger partial charge in [0, 0.05) is 22.7 Å². The number of nitrogens with zero attached hydrogens (tertiary/aromatic N) is 2. The molecule has 4 rings (SSSR count). The first-order valence-electron chi connectivity index (χ1n) is 9.79. The predicted molar refractivity (Wildman–Crippen MR) is 118 cm³/mol. The monoisotopic (exact) mass is 439 g/mol. The number of aromatic amines is 1. The van der Waals surface area contributed by atoms with E-state index < -0.39 is 6.04 Å². The van der Waals surface area contributed by atoms with E-state index in [1.807, 2.05) is 24.3 Å². The number of carbonyl (C=O) groups is 1. The topological polar surface area (TPSA) is 98.7 Å². The minimum absolute atomic E-state index is 0.0242.